The number of hydrogen-bond donors (Lipinski definition) is 1. The lowest BCUT2D eigenvalue weighted by Gasteiger charge is -2.34. The maximum Gasteiger partial charge on any atom is 0.226 e. The molecule has 1 aromatic rings. The van der Waals surface area contributed by atoms with Crippen LogP contribution in [0.1, 0.15) is 20.3 Å². The van der Waals surface area contributed by atoms with E-state index in [1.165, 1.54) is 0 Å². The fraction of sp³-hybridized carbons (Fsp3) is 0.533. The molecule has 2 atom stereocenters. The Bertz CT molecular complexity index is 457. The third-order valence-electron chi connectivity index (χ3n) is 3.26. The standard InChI is InChI=1S/C15H22N2O2S/c1-11-9-17(10-12(2)20-11)15(18)7-8-19-14-6-4-3-5-13(14)16/h3-6,11-12H,7-10,16H2,1-2H3. The van der Waals surface area contributed by atoms with Gasteiger partial charge in [0, 0.05) is 23.6 Å². The summed E-state index contributed by atoms with van der Waals surface area (Å²) in [5.41, 5.74) is 6.40. The largest absolute Gasteiger partial charge is 0.491 e. The summed E-state index contributed by atoms with van der Waals surface area (Å²) in [6.45, 7) is 6.38. The Morgan fingerprint density at radius 1 is 1.35 bits per heavy atom. The van der Waals surface area contributed by atoms with Gasteiger partial charge in [-0.1, -0.05) is 26.0 Å². The molecule has 0 spiro atoms. The summed E-state index contributed by atoms with van der Waals surface area (Å²) >= 11 is 1.94. The second-order valence-electron chi connectivity index (χ2n) is 5.19. The molecule has 20 heavy (non-hydrogen) atoms. The van der Waals surface area contributed by atoms with Gasteiger partial charge in [-0.2, -0.15) is 11.8 Å². The van der Waals surface area contributed by atoms with Crippen molar-refractivity contribution in [1.82, 2.24) is 4.90 Å². The molecule has 0 saturated carbocycles. The highest BCUT2D eigenvalue weighted by Crippen LogP contribution is 2.25. The van der Waals surface area contributed by atoms with Gasteiger partial charge in [0.15, 0.2) is 0 Å². The zero-order chi connectivity index (χ0) is 14.5. The molecule has 1 aromatic carbocycles. The molecule has 1 amide bonds. The lowest BCUT2D eigenvalue weighted by atomic mass is 10.3. The first-order valence-electron chi connectivity index (χ1n) is 6.97. The molecule has 1 fully saturated rings. The minimum absolute atomic E-state index is 0.165. The highest BCUT2D eigenvalue weighted by molar-refractivity contribution is 8.00. The van der Waals surface area contributed by atoms with E-state index in [1.54, 1.807) is 6.07 Å². The van der Waals surface area contributed by atoms with Crippen molar-refractivity contribution >= 4 is 23.4 Å². The van der Waals surface area contributed by atoms with Crippen LogP contribution in [0.3, 0.4) is 0 Å². The first-order valence-corrected chi connectivity index (χ1v) is 7.91. The van der Waals surface area contributed by atoms with Gasteiger partial charge in [0.25, 0.3) is 0 Å². The summed E-state index contributed by atoms with van der Waals surface area (Å²) < 4.78 is 5.57. The maximum absolute atomic E-state index is 12.2. The molecule has 2 rings (SSSR count). The van der Waals surface area contributed by atoms with E-state index in [0.717, 1.165) is 13.1 Å². The Kier molecular flexibility index (Phi) is 5.17. The van der Waals surface area contributed by atoms with Gasteiger partial charge >= 0.3 is 0 Å². The molecular weight excluding hydrogens is 272 g/mol. The smallest absolute Gasteiger partial charge is 0.226 e. The van der Waals surface area contributed by atoms with Crippen LogP contribution in [-0.2, 0) is 4.79 Å². The van der Waals surface area contributed by atoms with Crippen LogP contribution in [0, 0.1) is 0 Å². The molecule has 4 nitrogen and oxygen atoms in total. The van der Waals surface area contributed by atoms with E-state index < -0.39 is 0 Å². The van der Waals surface area contributed by atoms with Gasteiger partial charge in [-0.3, -0.25) is 4.79 Å². The van der Waals surface area contributed by atoms with Crippen molar-refractivity contribution in [3.8, 4) is 5.75 Å². The lowest BCUT2D eigenvalue weighted by Crippen LogP contribution is -2.44. The van der Waals surface area contributed by atoms with E-state index >= 15 is 0 Å². The van der Waals surface area contributed by atoms with Crippen molar-refractivity contribution in [1.29, 1.82) is 0 Å². The van der Waals surface area contributed by atoms with Crippen LogP contribution >= 0.6 is 11.8 Å². The number of hydrogen-bond acceptors (Lipinski definition) is 4. The number of amides is 1. The Labute approximate surface area is 124 Å². The Balaban J connectivity index is 1.79. The Hall–Kier alpha value is -1.36. The molecule has 0 radical (unpaired) electrons. The monoisotopic (exact) mass is 294 g/mol. The number of benzene rings is 1. The lowest BCUT2D eigenvalue weighted by molar-refractivity contribution is -0.131. The molecule has 1 saturated heterocycles. The molecule has 0 bridgehead atoms. The summed E-state index contributed by atoms with van der Waals surface area (Å²) in [4.78, 5) is 14.1. The van der Waals surface area contributed by atoms with Crippen molar-refractivity contribution in [2.24, 2.45) is 0 Å². The molecule has 0 aliphatic carbocycles. The van der Waals surface area contributed by atoms with E-state index in [2.05, 4.69) is 13.8 Å². The predicted molar refractivity (Wildman–Crippen MR) is 84.1 cm³/mol. The second-order valence-corrected chi connectivity index (χ2v) is 7.07. The average molecular weight is 294 g/mol. The van der Waals surface area contributed by atoms with Crippen LogP contribution in [0.25, 0.3) is 0 Å². The molecular formula is C15H22N2O2S. The van der Waals surface area contributed by atoms with Gasteiger partial charge in [0.2, 0.25) is 5.91 Å². The first-order chi connectivity index (χ1) is 9.56. The van der Waals surface area contributed by atoms with Crippen molar-refractivity contribution < 1.29 is 9.53 Å². The molecule has 110 valence electrons. The van der Waals surface area contributed by atoms with Gasteiger partial charge in [-0.05, 0) is 12.1 Å². The number of nitrogens with zero attached hydrogens (tertiary/aromatic N) is 1. The van der Waals surface area contributed by atoms with E-state index in [9.17, 15) is 4.79 Å². The van der Waals surface area contributed by atoms with Gasteiger partial charge < -0.3 is 15.4 Å². The number of rotatable bonds is 4. The third-order valence-corrected chi connectivity index (χ3v) is 4.49. The minimum Gasteiger partial charge on any atom is -0.491 e. The third kappa shape index (κ3) is 4.07. The minimum atomic E-state index is 0.165. The number of nitrogens with two attached hydrogens (primary N) is 1. The van der Waals surface area contributed by atoms with Crippen LogP contribution < -0.4 is 10.5 Å². The summed E-state index contributed by atoms with van der Waals surface area (Å²) in [5, 5.41) is 1.02. The fourth-order valence-electron chi connectivity index (χ4n) is 2.40. The number of carbonyl (C=O) groups is 1. The molecule has 5 heteroatoms. The highest BCUT2D eigenvalue weighted by atomic mass is 32.2. The predicted octanol–water partition coefficient (Wildman–Crippen LogP) is 2.39. The van der Waals surface area contributed by atoms with Crippen molar-refractivity contribution in [2.75, 3.05) is 25.4 Å². The summed E-state index contributed by atoms with van der Waals surface area (Å²) in [5.74, 6) is 0.815. The Morgan fingerprint density at radius 3 is 2.65 bits per heavy atom. The Morgan fingerprint density at radius 2 is 2.00 bits per heavy atom. The van der Waals surface area contributed by atoms with E-state index in [0.29, 0.717) is 35.0 Å². The quantitative estimate of drug-likeness (QED) is 0.866. The number of nitrogen functional groups attached to an aromatic ring is 1. The highest BCUT2D eigenvalue weighted by Gasteiger charge is 2.25. The van der Waals surface area contributed by atoms with Crippen molar-refractivity contribution in [3.63, 3.8) is 0 Å². The fourth-order valence-corrected chi connectivity index (χ4v) is 3.73. The summed E-state index contributed by atoms with van der Waals surface area (Å²) in [6, 6.07) is 7.35. The second kappa shape index (κ2) is 6.88. The van der Waals surface area contributed by atoms with Crippen LogP contribution in [0.4, 0.5) is 5.69 Å². The van der Waals surface area contributed by atoms with Crippen molar-refractivity contribution in [2.45, 2.75) is 30.8 Å². The van der Waals surface area contributed by atoms with Crippen LogP contribution in [0.15, 0.2) is 24.3 Å². The van der Waals surface area contributed by atoms with Crippen molar-refractivity contribution in [3.05, 3.63) is 24.3 Å². The average Bonchev–Trinajstić information content (AvgIpc) is 2.39. The number of ether oxygens (including phenoxy) is 1. The van der Waals surface area contributed by atoms with Crippen LogP contribution in [-0.4, -0.2) is 41.0 Å². The maximum atomic E-state index is 12.2. The van der Waals surface area contributed by atoms with Gasteiger partial charge in [0.1, 0.15) is 5.75 Å². The molecule has 0 aromatic heterocycles. The molecule has 1 aliphatic heterocycles. The number of para-hydroxylation sites is 2. The number of carbonyl (C=O) groups excluding carboxylic acids is 1. The van der Waals surface area contributed by atoms with Gasteiger partial charge in [0.05, 0.1) is 18.7 Å². The zero-order valence-electron chi connectivity index (χ0n) is 12.0. The van der Waals surface area contributed by atoms with Crippen LogP contribution in [0.5, 0.6) is 5.75 Å². The summed E-state index contributed by atoms with van der Waals surface area (Å²) in [6.07, 6.45) is 0.401. The summed E-state index contributed by atoms with van der Waals surface area (Å²) in [7, 11) is 0. The molecule has 2 unspecified atom stereocenters. The zero-order valence-corrected chi connectivity index (χ0v) is 12.9. The SMILES string of the molecule is CC1CN(C(=O)CCOc2ccccc2N)CC(C)S1. The van der Waals surface area contributed by atoms with Gasteiger partial charge in [-0.15, -0.1) is 0 Å². The number of thioether (sulfide) groups is 1. The van der Waals surface area contributed by atoms with Crippen LogP contribution in [0.2, 0.25) is 0 Å². The molecule has 2 N–H and O–H groups in total. The first kappa shape index (κ1) is 15.0. The van der Waals surface area contributed by atoms with E-state index in [-0.39, 0.29) is 5.91 Å². The normalized spacial score (nSPS) is 22.6. The van der Waals surface area contributed by atoms with Gasteiger partial charge in [-0.25, -0.2) is 0 Å². The topological polar surface area (TPSA) is 55.6 Å². The molecule has 1 heterocycles. The van der Waals surface area contributed by atoms with E-state index in [4.69, 9.17) is 10.5 Å². The molecule has 1 aliphatic rings. The number of anilines is 1. The van der Waals surface area contributed by atoms with E-state index in [1.807, 2.05) is 34.9 Å².